The first-order valence-electron chi connectivity index (χ1n) is 13.4. The maximum Gasteiger partial charge on any atom is 0.338 e. The van der Waals surface area contributed by atoms with E-state index in [0.29, 0.717) is 63.8 Å². The minimum absolute atomic E-state index is 0.155. The number of amides is 1. The van der Waals surface area contributed by atoms with Gasteiger partial charge in [0.1, 0.15) is 22.1 Å². The number of hydrogen-bond acceptors (Lipinski definition) is 8. The van der Waals surface area contributed by atoms with Crippen molar-refractivity contribution in [1.29, 1.82) is 0 Å². The SMILES string of the molecule is C=CCN1C(=O)/C(=c2\sc3n(c2=O)[C@H](c2cc(OC)ccc2OC)C(C(=O)OCC)=C(CCC)N=3)c2ccccc21. The van der Waals surface area contributed by atoms with Gasteiger partial charge in [0.05, 0.1) is 43.4 Å². The molecule has 9 nitrogen and oxygen atoms in total. The van der Waals surface area contributed by atoms with Crippen molar-refractivity contribution in [3.8, 4) is 11.5 Å². The van der Waals surface area contributed by atoms with Gasteiger partial charge < -0.3 is 19.1 Å². The van der Waals surface area contributed by atoms with E-state index >= 15 is 0 Å². The number of benzene rings is 2. The molecule has 41 heavy (non-hydrogen) atoms. The third-order valence-corrected chi connectivity index (χ3v) is 8.11. The van der Waals surface area contributed by atoms with E-state index in [1.165, 1.54) is 11.7 Å². The van der Waals surface area contributed by atoms with Crippen LogP contribution < -0.4 is 29.3 Å². The van der Waals surface area contributed by atoms with Crippen LogP contribution in [0.2, 0.25) is 0 Å². The number of carbonyl (C=O) groups is 2. The molecule has 0 spiro atoms. The second-order valence-corrected chi connectivity index (χ2v) is 10.4. The van der Waals surface area contributed by atoms with E-state index in [1.807, 2.05) is 31.2 Å². The highest BCUT2D eigenvalue weighted by atomic mass is 32.1. The Morgan fingerprint density at radius 1 is 1.12 bits per heavy atom. The molecule has 2 aliphatic rings. The van der Waals surface area contributed by atoms with E-state index in [0.717, 1.165) is 11.3 Å². The predicted octanol–water partition coefficient (Wildman–Crippen LogP) is 3.50. The minimum Gasteiger partial charge on any atom is -0.497 e. The van der Waals surface area contributed by atoms with Crippen LogP contribution in [0, 0.1) is 0 Å². The van der Waals surface area contributed by atoms with Gasteiger partial charge in [-0.3, -0.25) is 14.2 Å². The predicted molar refractivity (Wildman–Crippen MR) is 157 cm³/mol. The van der Waals surface area contributed by atoms with Gasteiger partial charge in [0, 0.05) is 17.7 Å². The van der Waals surface area contributed by atoms with Gasteiger partial charge in [-0.2, -0.15) is 0 Å². The Morgan fingerprint density at radius 2 is 1.90 bits per heavy atom. The quantitative estimate of drug-likeness (QED) is 0.287. The summed E-state index contributed by atoms with van der Waals surface area (Å²) in [6.07, 6.45) is 2.85. The van der Waals surface area contributed by atoms with Crippen LogP contribution in [0.4, 0.5) is 5.69 Å². The van der Waals surface area contributed by atoms with Crippen molar-refractivity contribution in [1.82, 2.24) is 4.57 Å². The smallest absolute Gasteiger partial charge is 0.338 e. The number of aromatic nitrogens is 1. The van der Waals surface area contributed by atoms with Crippen molar-refractivity contribution >= 4 is 34.5 Å². The van der Waals surface area contributed by atoms with Crippen LogP contribution in [-0.2, 0) is 14.3 Å². The van der Waals surface area contributed by atoms with Gasteiger partial charge in [0.2, 0.25) is 0 Å². The maximum atomic E-state index is 14.4. The molecule has 1 amide bonds. The fourth-order valence-electron chi connectivity index (χ4n) is 5.33. The van der Waals surface area contributed by atoms with Gasteiger partial charge in [-0.1, -0.05) is 49.0 Å². The van der Waals surface area contributed by atoms with Crippen LogP contribution in [0.5, 0.6) is 11.5 Å². The number of esters is 1. The molecule has 0 bridgehead atoms. The number of carbonyl (C=O) groups excluding carboxylic acids is 2. The molecule has 0 fully saturated rings. The Morgan fingerprint density at radius 3 is 2.59 bits per heavy atom. The molecule has 0 saturated heterocycles. The average Bonchev–Trinajstić information content (AvgIpc) is 3.44. The van der Waals surface area contributed by atoms with Crippen molar-refractivity contribution in [2.75, 3.05) is 32.3 Å². The third-order valence-electron chi connectivity index (χ3n) is 7.06. The molecular weight excluding hydrogens is 542 g/mol. The van der Waals surface area contributed by atoms with Crippen molar-refractivity contribution in [2.45, 2.75) is 32.7 Å². The highest BCUT2D eigenvalue weighted by Crippen LogP contribution is 2.39. The lowest BCUT2D eigenvalue weighted by atomic mass is 9.93. The summed E-state index contributed by atoms with van der Waals surface area (Å²) in [5, 5.41) is 0. The molecule has 3 aromatic rings. The highest BCUT2D eigenvalue weighted by Gasteiger charge is 2.38. The van der Waals surface area contributed by atoms with Gasteiger partial charge in [-0.15, -0.1) is 6.58 Å². The van der Waals surface area contributed by atoms with Crippen LogP contribution in [-0.4, -0.2) is 43.8 Å². The molecule has 2 aromatic carbocycles. The molecule has 2 aliphatic heterocycles. The fourth-order valence-corrected chi connectivity index (χ4v) is 6.44. The maximum absolute atomic E-state index is 14.4. The lowest BCUT2D eigenvalue weighted by molar-refractivity contribution is -0.139. The Labute approximate surface area is 241 Å². The summed E-state index contributed by atoms with van der Waals surface area (Å²) in [5.41, 5.74) is 2.59. The van der Waals surface area contributed by atoms with Gasteiger partial charge in [-0.25, -0.2) is 9.79 Å². The number of thiazole rings is 1. The molecule has 0 aliphatic carbocycles. The number of hydrogen-bond donors (Lipinski definition) is 0. The molecule has 3 heterocycles. The summed E-state index contributed by atoms with van der Waals surface area (Å²) in [7, 11) is 3.07. The number of ether oxygens (including phenoxy) is 3. The lowest BCUT2D eigenvalue weighted by Gasteiger charge is -2.27. The van der Waals surface area contributed by atoms with Gasteiger partial charge in [0.15, 0.2) is 4.80 Å². The molecule has 10 heteroatoms. The average molecular weight is 574 g/mol. The van der Waals surface area contributed by atoms with E-state index in [1.54, 1.807) is 43.2 Å². The van der Waals surface area contributed by atoms with E-state index in [9.17, 15) is 14.4 Å². The molecular formula is C31H31N3O6S. The van der Waals surface area contributed by atoms with E-state index in [4.69, 9.17) is 19.2 Å². The standard InChI is InChI=1S/C31H31N3O6S/c1-6-11-21-25(30(37)40-8-3)26(20-17-18(38-4)14-15-23(20)39-5)34-29(36)27(41-31(34)32-21)24-19-12-9-10-13-22(19)33(16-7-2)28(24)35/h7,9-10,12-15,17,26H,2,6,8,11,16H2,1,3-5H3/b27-24-/t26-/m1/s1. The van der Waals surface area contributed by atoms with E-state index < -0.39 is 17.6 Å². The van der Waals surface area contributed by atoms with Crippen LogP contribution in [0.25, 0.3) is 5.57 Å². The number of nitrogens with zero attached hydrogens (tertiary/aromatic N) is 3. The van der Waals surface area contributed by atoms with Gasteiger partial charge in [-0.05, 0) is 37.6 Å². The molecule has 0 unspecified atom stereocenters. The molecule has 0 N–H and O–H groups in total. The summed E-state index contributed by atoms with van der Waals surface area (Å²) >= 11 is 1.14. The summed E-state index contributed by atoms with van der Waals surface area (Å²) < 4.78 is 18.4. The van der Waals surface area contributed by atoms with Crippen LogP contribution in [0.15, 0.2) is 76.2 Å². The number of anilines is 1. The first-order valence-corrected chi connectivity index (χ1v) is 14.2. The zero-order chi connectivity index (χ0) is 29.3. The highest BCUT2D eigenvalue weighted by molar-refractivity contribution is 7.07. The van der Waals surface area contributed by atoms with Crippen molar-refractivity contribution in [3.63, 3.8) is 0 Å². The third kappa shape index (κ3) is 4.67. The Bertz CT molecular complexity index is 1770. The normalized spacial score (nSPS) is 17.1. The largest absolute Gasteiger partial charge is 0.497 e. The molecule has 1 aromatic heterocycles. The number of fused-ring (bicyclic) bond motifs is 2. The summed E-state index contributed by atoms with van der Waals surface area (Å²) in [4.78, 5) is 48.5. The Balaban J connectivity index is 1.88. The molecule has 1 atom stereocenters. The second kappa shape index (κ2) is 11.6. The molecule has 5 rings (SSSR count). The summed E-state index contributed by atoms with van der Waals surface area (Å²) in [6.45, 7) is 7.97. The Hall–Kier alpha value is -4.44. The first kappa shape index (κ1) is 28.1. The Kier molecular flexibility index (Phi) is 7.94. The zero-order valence-electron chi connectivity index (χ0n) is 23.4. The van der Waals surface area contributed by atoms with Gasteiger partial charge in [0.25, 0.3) is 11.5 Å². The lowest BCUT2D eigenvalue weighted by Crippen LogP contribution is -2.41. The van der Waals surface area contributed by atoms with Crippen LogP contribution in [0.1, 0.15) is 43.9 Å². The number of allylic oxidation sites excluding steroid dienone is 1. The topological polar surface area (TPSA) is 99.4 Å². The number of methoxy groups -OCH3 is 2. The minimum atomic E-state index is -0.915. The fraction of sp³-hybridized carbons (Fsp3) is 0.290. The second-order valence-electron chi connectivity index (χ2n) is 9.44. The van der Waals surface area contributed by atoms with E-state index in [-0.39, 0.29) is 22.6 Å². The van der Waals surface area contributed by atoms with Crippen molar-refractivity contribution in [2.24, 2.45) is 4.99 Å². The first-order chi connectivity index (χ1) is 19.9. The molecule has 0 radical (unpaired) electrons. The summed E-state index contributed by atoms with van der Waals surface area (Å²) in [6, 6.07) is 11.7. The number of rotatable bonds is 9. The monoisotopic (exact) mass is 573 g/mol. The van der Waals surface area contributed by atoms with Crippen LogP contribution >= 0.6 is 11.3 Å². The zero-order valence-corrected chi connectivity index (χ0v) is 24.2. The van der Waals surface area contributed by atoms with Crippen molar-refractivity contribution in [3.05, 3.63) is 97.2 Å². The molecule has 212 valence electrons. The van der Waals surface area contributed by atoms with Gasteiger partial charge >= 0.3 is 5.97 Å². The summed E-state index contributed by atoms with van der Waals surface area (Å²) in [5.74, 6) is 0.147. The van der Waals surface area contributed by atoms with Crippen molar-refractivity contribution < 1.29 is 23.8 Å². The van der Waals surface area contributed by atoms with E-state index in [2.05, 4.69) is 6.58 Å². The number of para-hydroxylation sites is 1. The van der Waals surface area contributed by atoms with Crippen LogP contribution in [0.3, 0.4) is 0 Å². The molecule has 0 saturated carbocycles.